The highest BCUT2D eigenvalue weighted by molar-refractivity contribution is 6.06. The minimum atomic E-state index is -0.270. The van der Waals surface area contributed by atoms with Crippen molar-refractivity contribution in [3.63, 3.8) is 0 Å². The molecular formula is C15H20N4O2. The number of aromatic nitrogens is 2. The van der Waals surface area contributed by atoms with Crippen LogP contribution < -0.4 is 15.8 Å². The number of carbonyl (C=O) groups excluding carboxylic acids is 1. The Kier molecular flexibility index (Phi) is 4.47. The molecule has 0 aliphatic carbocycles. The number of nitrogens with two attached hydrogens (primary N) is 1. The van der Waals surface area contributed by atoms with E-state index in [1.807, 2.05) is 20.8 Å². The Bertz CT molecular complexity index is 634. The third-order valence-corrected chi connectivity index (χ3v) is 2.98. The summed E-state index contributed by atoms with van der Waals surface area (Å²) >= 11 is 0. The van der Waals surface area contributed by atoms with Gasteiger partial charge in [-0.1, -0.05) is 6.07 Å². The first kappa shape index (κ1) is 14.9. The number of hydrogen-bond donors (Lipinski definition) is 2. The van der Waals surface area contributed by atoms with Gasteiger partial charge in [0.2, 0.25) is 0 Å². The van der Waals surface area contributed by atoms with Crippen LogP contribution in [0.3, 0.4) is 0 Å². The molecule has 0 bridgehead atoms. The van der Waals surface area contributed by atoms with Crippen molar-refractivity contribution in [1.82, 2.24) is 9.78 Å². The van der Waals surface area contributed by atoms with E-state index in [1.54, 1.807) is 35.1 Å². The molecule has 2 rings (SSSR count). The molecule has 2 aromatic rings. The fraction of sp³-hybridized carbons (Fsp3) is 0.333. The molecule has 0 fully saturated rings. The summed E-state index contributed by atoms with van der Waals surface area (Å²) in [6.07, 6.45) is 1.65. The average Bonchev–Trinajstić information content (AvgIpc) is 2.89. The number of nitrogens with one attached hydrogen (secondary N) is 1. The van der Waals surface area contributed by atoms with E-state index in [-0.39, 0.29) is 11.9 Å². The summed E-state index contributed by atoms with van der Waals surface area (Å²) in [7, 11) is 0. The summed E-state index contributed by atoms with van der Waals surface area (Å²) in [5.41, 5.74) is 6.73. The zero-order chi connectivity index (χ0) is 15.4. The van der Waals surface area contributed by atoms with E-state index in [9.17, 15) is 4.79 Å². The highest BCUT2D eigenvalue weighted by Crippen LogP contribution is 2.27. The van der Waals surface area contributed by atoms with Crippen molar-refractivity contribution in [2.24, 2.45) is 0 Å². The van der Waals surface area contributed by atoms with Gasteiger partial charge < -0.3 is 15.8 Å². The molecule has 0 unspecified atom stereocenters. The maximum Gasteiger partial charge on any atom is 0.260 e. The largest absolute Gasteiger partial charge is 0.491 e. The average molecular weight is 288 g/mol. The van der Waals surface area contributed by atoms with Crippen LogP contribution in [0.2, 0.25) is 0 Å². The highest BCUT2D eigenvalue weighted by Gasteiger charge is 2.17. The maximum absolute atomic E-state index is 12.4. The lowest BCUT2D eigenvalue weighted by atomic mass is 10.1. The van der Waals surface area contributed by atoms with Gasteiger partial charge in [0.1, 0.15) is 5.82 Å². The van der Waals surface area contributed by atoms with Gasteiger partial charge in [-0.05, 0) is 32.9 Å². The molecule has 0 aliphatic heterocycles. The first-order valence-electron chi connectivity index (χ1n) is 6.90. The molecule has 0 saturated heterocycles. The normalized spacial score (nSPS) is 10.7. The first-order valence-corrected chi connectivity index (χ1v) is 6.90. The Labute approximate surface area is 123 Å². The van der Waals surface area contributed by atoms with Gasteiger partial charge in [0.05, 0.1) is 24.1 Å². The SMILES string of the molecule is CCOc1c(N)cccc1C(=O)Nc1ccnn1C(C)C. The minimum Gasteiger partial charge on any atom is -0.491 e. The number of carbonyl (C=O) groups is 1. The van der Waals surface area contributed by atoms with Crippen LogP contribution >= 0.6 is 0 Å². The molecular weight excluding hydrogens is 268 g/mol. The second-order valence-corrected chi connectivity index (χ2v) is 4.87. The molecule has 21 heavy (non-hydrogen) atoms. The van der Waals surface area contributed by atoms with Crippen LogP contribution in [0, 0.1) is 0 Å². The molecule has 1 amide bonds. The van der Waals surface area contributed by atoms with Gasteiger partial charge in [0, 0.05) is 12.1 Å². The van der Waals surface area contributed by atoms with E-state index in [1.165, 1.54) is 0 Å². The van der Waals surface area contributed by atoms with Crippen LogP contribution in [0.4, 0.5) is 11.5 Å². The van der Waals surface area contributed by atoms with E-state index < -0.39 is 0 Å². The molecule has 1 aromatic carbocycles. The van der Waals surface area contributed by atoms with Crippen molar-refractivity contribution in [1.29, 1.82) is 0 Å². The van der Waals surface area contributed by atoms with Gasteiger partial charge in [0.15, 0.2) is 5.75 Å². The van der Waals surface area contributed by atoms with Crippen molar-refractivity contribution >= 4 is 17.4 Å². The fourth-order valence-corrected chi connectivity index (χ4v) is 2.05. The second-order valence-electron chi connectivity index (χ2n) is 4.87. The standard InChI is InChI=1S/C15H20N4O2/c1-4-21-14-11(6-5-7-12(14)16)15(20)18-13-8-9-17-19(13)10(2)3/h5-10H,4,16H2,1-3H3,(H,18,20). The monoisotopic (exact) mass is 288 g/mol. The highest BCUT2D eigenvalue weighted by atomic mass is 16.5. The number of nitrogens with zero attached hydrogens (tertiary/aromatic N) is 2. The first-order chi connectivity index (χ1) is 10.0. The van der Waals surface area contributed by atoms with Crippen molar-refractivity contribution in [2.45, 2.75) is 26.8 Å². The summed E-state index contributed by atoms with van der Waals surface area (Å²) in [5.74, 6) is 0.779. The molecule has 112 valence electrons. The topological polar surface area (TPSA) is 82.2 Å². The van der Waals surface area contributed by atoms with E-state index in [0.29, 0.717) is 29.4 Å². The summed E-state index contributed by atoms with van der Waals surface area (Å²) in [5, 5.41) is 7.02. The summed E-state index contributed by atoms with van der Waals surface area (Å²) < 4.78 is 7.22. The Balaban J connectivity index is 2.28. The molecule has 1 heterocycles. The number of nitrogen functional groups attached to an aromatic ring is 1. The minimum absolute atomic E-state index is 0.155. The fourth-order valence-electron chi connectivity index (χ4n) is 2.05. The van der Waals surface area contributed by atoms with Crippen molar-refractivity contribution in [3.8, 4) is 5.75 Å². The Hall–Kier alpha value is -2.50. The number of para-hydroxylation sites is 1. The predicted molar refractivity (Wildman–Crippen MR) is 82.6 cm³/mol. The summed E-state index contributed by atoms with van der Waals surface area (Å²) in [6.45, 7) is 6.28. The number of amides is 1. The Morgan fingerprint density at radius 2 is 2.19 bits per heavy atom. The number of benzene rings is 1. The van der Waals surface area contributed by atoms with Gasteiger partial charge in [-0.25, -0.2) is 4.68 Å². The van der Waals surface area contributed by atoms with Crippen LogP contribution in [0.25, 0.3) is 0 Å². The van der Waals surface area contributed by atoms with Gasteiger partial charge in [0.25, 0.3) is 5.91 Å². The molecule has 0 aliphatic rings. The lowest BCUT2D eigenvalue weighted by Gasteiger charge is -2.14. The van der Waals surface area contributed by atoms with Crippen LogP contribution in [-0.4, -0.2) is 22.3 Å². The molecule has 6 nitrogen and oxygen atoms in total. The summed E-state index contributed by atoms with van der Waals surface area (Å²) in [6, 6.07) is 7.03. The summed E-state index contributed by atoms with van der Waals surface area (Å²) in [4.78, 5) is 12.4. The zero-order valence-corrected chi connectivity index (χ0v) is 12.5. The molecule has 0 radical (unpaired) electrons. The third-order valence-electron chi connectivity index (χ3n) is 2.98. The van der Waals surface area contributed by atoms with Crippen LogP contribution in [-0.2, 0) is 0 Å². The van der Waals surface area contributed by atoms with Crippen molar-refractivity contribution in [3.05, 3.63) is 36.0 Å². The Morgan fingerprint density at radius 1 is 1.43 bits per heavy atom. The third kappa shape index (κ3) is 3.16. The van der Waals surface area contributed by atoms with Crippen LogP contribution in [0.15, 0.2) is 30.5 Å². The van der Waals surface area contributed by atoms with Crippen molar-refractivity contribution in [2.75, 3.05) is 17.7 Å². The van der Waals surface area contributed by atoms with E-state index in [2.05, 4.69) is 10.4 Å². The van der Waals surface area contributed by atoms with Gasteiger partial charge in [-0.3, -0.25) is 4.79 Å². The zero-order valence-electron chi connectivity index (χ0n) is 12.5. The molecule has 3 N–H and O–H groups in total. The molecule has 1 aromatic heterocycles. The van der Waals surface area contributed by atoms with Gasteiger partial charge >= 0.3 is 0 Å². The maximum atomic E-state index is 12.4. The quantitative estimate of drug-likeness (QED) is 0.829. The van der Waals surface area contributed by atoms with Gasteiger partial charge in [-0.15, -0.1) is 0 Å². The molecule has 0 saturated carbocycles. The van der Waals surface area contributed by atoms with Gasteiger partial charge in [-0.2, -0.15) is 5.10 Å². The van der Waals surface area contributed by atoms with Crippen molar-refractivity contribution < 1.29 is 9.53 Å². The van der Waals surface area contributed by atoms with Crippen LogP contribution in [0.1, 0.15) is 37.2 Å². The lowest BCUT2D eigenvalue weighted by Crippen LogP contribution is -2.18. The molecule has 0 spiro atoms. The number of ether oxygens (including phenoxy) is 1. The number of anilines is 2. The molecule has 6 heteroatoms. The predicted octanol–water partition coefficient (Wildman–Crippen LogP) is 2.70. The number of rotatable bonds is 5. The smallest absolute Gasteiger partial charge is 0.260 e. The van der Waals surface area contributed by atoms with E-state index in [4.69, 9.17) is 10.5 Å². The second kappa shape index (κ2) is 6.30. The Morgan fingerprint density at radius 3 is 2.86 bits per heavy atom. The molecule has 0 atom stereocenters. The number of hydrogen-bond acceptors (Lipinski definition) is 4. The van der Waals surface area contributed by atoms with E-state index >= 15 is 0 Å². The van der Waals surface area contributed by atoms with Crippen LogP contribution in [0.5, 0.6) is 5.75 Å². The lowest BCUT2D eigenvalue weighted by molar-refractivity contribution is 0.102. The van der Waals surface area contributed by atoms with E-state index in [0.717, 1.165) is 0 Å².